The summed E-state index contributed by atoms with van der Waals surface area (Å²) in [5, 5.41) is 9.22. The Bertz CT molecular complexity index is 584. The van der Waals surface area contributed by atoms with Crippen LogP contribution in [0.4, 0.5) is 0 Å². The lowest BCUT2D eigenvalue weighted by atomic mass is 9.82. The number of hydrogen-bond donors (Lipinski definition) is 1. The van der Waals surface area contributed by atoms with Gasteiger partial charge in [0, 0.05) is 0 Å². The van der Waals surface area contributed by atoms with Gasteiger partial charge in [-0.2, -0.15) is 0 Å². The summed E-state index contributed by atoms with van der Waals surface area (Å²) in [6.07, 6.45) is 4.79. The molecular formula is C17H19NO4. The van der Waals surface area contributed by atoms with Crippen LogP contribution < -0.4 is 0 Å². The Balaban J connectivity index is 1.93. The van der Waals surface area contributed by atoms with E-state index in [1.165, 1.54) is 4.90 Å². The van der Waals surface area contributed by atoms with Crippen LogP contribution in [-0.2, 0) is 4.79 Å². The minimum absolute atomic E-state index is 0.0899. The summed E-state index contributed by atoms with van der Waals surface area (Å²) < 4.78 is 0. The van der Waals surface area contributed by atoms with Crippen molar-refractivity contribution in [2.75, 3.05) is 0 Å². The van der Waals surface area contributed by atoms with Crippen molar-refractivity contribution in [3.8, 4) is 0 Å². The molecule has 0 radical (unpaired) electrons. The smallest absolute Gasteiger partial charge is 0.305 e. The molecular weight excluding hydrogens is 282 g/mol. The van der Waals surface area contributed by atoms with Crippen molar-refractivity contribution in [2.24, 2.45) is 5.92 Å². The predicted octanol–water partition coefficient (Wildman–Crippen LogP) is 2.71. The summed E-state index contributed by atoms with van der Waals surface area (Å²) in [5.74, 6) is -1.57. The van der Waals surface area contributed by atoms with Gasteiger partial charge in [0.1, 0.15) is 0 Å². The number of carbonyl (C=O) groups excluding carboxylic acids is 2. The molecule has 5 nitrogen and oxygen atoms in total. The summed E-state index contributed by atoms with van der Waals surface area (Å²) >= 11 is 0. The van der Waals surface area contributed by atoms with Gasteiger partial charge in [-0.3, -0.25) is 19.3 Å². The van der Waals surface area contributed by atoms with Crippen molar-refractivity contribution < 1.29 is 19.5 Å². The molecule has 1 aliphatic carbocycles. The number of fused-ring (bicyclic) bond motifs is 1. The largest absolute Gasteiger partial charge is 0.481 e. The topological polar surface area (TPSA) is 74.7 Å². The summed E-state index contributed by atoms with van der Waals surface area (Å²) in [6, 6.07) is 6.17. The normalized spacial score (nSPS) is 20.1. The van der Waals surface area contributed by atoms with Crippen molar-refractivity contribution in [1.29, 1.82) is 0 Å². The van der Waals surface area contributed by atoms with Gasteiger partial charge in [-0.15, -0.1) is 0 Å². The Morgan fingerprint density at radius 1 is 1.09 bits per heavy atom. The first kappa shape index (κ1) is 14.8. The van der Waals surface area contributed by atoms with Gasteiger partial charge in [-0.05, 0) is 30.9 Å². The highest BCUT2D eigenvalue weighted by molar-refractivity contribution is 6.21. The SMILES string of the molecule is O=C(O)CC(C1CCCCC1)N1C(=O)c2ccccc2C1=O. The predicted molar refractivity (Wildman–Crippen MR) is 79.6 cm³/mol. The molecule has 22 heavy (non-hydrogen) atoms. The lowest BCUT2D eigenvalue weighted by Gasteiger charge is -2.34. The van der Waals surface area contributed by atoms with E-state index < -0.39 is 12.0 Å². The van der Waals surface area contributed by atoms with Crippen LogP contribution in [0.5, 0.6) is 0 Å². The number of amides is 2. The zero-order valence-electron chi connectivity index (χ0n) is 12.3. The van der Waals surface area contributed by atoms with Crippen LogP contribution in [0.3, 0.4) is 0 Å². The Morgan fingerprint density at radius 3 is 2.14 bits per heavy atom. The number of imide groups is 1. The Kier molecular flexibility index (Phi) is 3.96. The van der Waals surface area contributed by atoms with Crippen molar-refractivity contribution in [2.45, 2.75) is 44.6 Å². The third kappa shape index (κ3) is 2.51. The van der Waals surface area contributed by atoms with Crippen LogP contribution in [0.1, 0.15) is 59.2 Å². The van der Waals surface area contributed by atoms with Crippen molar-refractivity contribution >= 4 is 17.8 Å². The van der Waals surface area contributed by atoms with E-state index in [2.05, 4.69) is 0 Å². The van der Waals surface area contributed by atoms with Gasteiger partial charge < -0.3 is 5.11 Å². The second-order valence-corrected chi connectivity index (χ2v) is 6.09. The minimum Gasteiger partial charge on any atom is -0.481 e. The van der Waals surface area contributed by atoms with Gasteiger partial charge in [0.2, 0.25) is 0 Å². The van der Waals surface area contributed by atoms with E-state index in [0.717, 1.165) is 32.1 Å². The molecule has 1 aromatic carbocycles. The van der Waals surface area contributed by atoms with Gasteiger partial charge >= 0.3 is 5.97 Å². The molecule has 0 spiro atoms. The quantitative estimate of drug-likeness (QED) is 0.868. The van der Waals surface area contributed by atoms with Gasteiger partial charge in [-0.1, -0.05) is 31.4 Å². The molecule has 3 rings (SSSR count). The van der Waals surface area contributed by atoms with Crippen LogP contribution in [0.25, 0.3) is 0 Å². The lowest BCUT2D eigenvalue weighted by Crippen LogP contribution is -2.46. The van der Waals surface area contributed by atoms with E-state index in [0.29, 0.717) is 11.1 Å². The zero-order chi connectivity index (χ0) is 15.7. The molecule has 1 saturated carbocycles. The fourth-order valence-electron chi connectivity index (χ4n) is 3.68. The number of carbonyl (C=O) groups is 3. The molecule has 2 amide bonds. The highest BCUT2D eigenvalue weighted by Crippen LogP contribution is 2.35. The van der Waals surface area contributed by atoms with Gasteiger partial charge in [-0.25, -0.2) is 0 Å². The maximum atomic E-state index is 12.6. The summed E-state index contributed by atoms with van der Waals surface area (Å²) in [6.45, 7) is 0. The Labute approximate surface area is 128 Å². The van der Waals surface area contributed by atoms with Gasteiger partial charge in [0.05, 0.1) is 23.6 Å². The first-order chi connectivity index (χ1) is 10.6. The number of carboxylic acids is 1. The third-order valence-corrected chi connectivity index (χ3v) is 4.73. The number of carboxylic acid groups (broad SMARTS) is 1. The standard InChI is InChI=1S/C17H19NO4/c19-15(20)10-14(11-6-2-1-3-7-11)18-16(21)12-8-4-5-9-13(12)17(18)22/h4-5,8-9,11,14H,1-3,6-7,10H2,(H,19,20). The van der Waals surface area contributed by atoms with Gasteiger partial charge in [0.25, 0.3) is 11.8 Å². The van der Waals surface area contributed by atoms with E-state index in [1.807, 2.05) is 0 Å². The molecule has 0 saturated heterocycles. The van der Waals surface area contributed by atoms with E-state index in [4.69, 9.17) is 0 Å². The lowest BCUT2D eigenvalue weighted by molar-refractivity contribution is -0.138. The molecule has 116 valence electrons. The molecule has 1 fully saturated rings. The number of nitrogens with zero attached hydrogens (tertiary/aromatic N) is 1. The molecule has 1 aliphatic heterocycles. The molecule has 1 unspecified atom stereocenters. The van der Waals surface area contributed by atoms with E-state index >= 15 is 0 Å². The van der Waals surface area contributed by atoms with Crippen LogP contribution in [0, 0.1) is 5.92 Å². The van der Waals surface area contributed by atoms with Crippen molar-refractivity contribution in [1.82, 2.24) is 4.90 Å². The Hall–Kier alpha value is -2.17. The first-order valence-corrected chi connectivity index (χ1v) is 7.78. The second-order valence-electron chi connectivity index (χ2n) is 6.09. The van der Waals surface area contributed by atoms with Crippen molar-refractivity contribution in [3.63, 3.8) is 0 Å². The molecule has 5 heteroatoms. The maximum Gasteiger partial charge on any atom is 0.305 e. The number of benzene rings is 1. The highest BCUT2D eigenvalue weighted by Gasteiger charge is 2.43. The van der Waals surface area contributed by atoms with Gasteiger partial charge in [0.15, 0.2) is 0 Å². The number of aliphatic carboxylic acids is 1. The van der Waals surface area contributed by atoms with E-state index in [-0.39, 0.29) is 24.2 Å². The average Bonchev–Trinajstić information content (AvgIpc) is 2.78. The average molecular weight is 301 g/mol. The van der Waals surface area contributed by atoms with Crippen LogP contribution in [-0.4, -0.2) is 33.8 Å². The monoisotopic (exact) mass is 301 g/mol. The molecule has 1 heterocycles. The molecule has 1 aromatic rings. The first-order valence-electron chi connectivity index (χ1n) is 7.78. The molecule has 0 bridgehead atoms. The minimum atomic E-state index is -0.966. The van der Waals surface area contributed by atoms with E-state index in [9.17, 15) is 19.5 Å². The number of hydrogen-bond acceptors (Lipinski definition) is 3. The fourth-order valence-corrected chi connectivity index (χ4v) is 3.68. The molecule has 1 atom stereocenters. The van der Waals surface area contributed by atoms with Crippen LogP contribution in [0.15, 0.2) is 24.3 Å². The summed E-state index contributed by atoms with van der Waals surface area (Å²) in [4.78, 5) is 37.6. The summed E-state index contributed by atoms with van der Waals surface area (Å²) in [5.41, 5.74) is 0.775. The third-order valence-electron chi connectivity index (χ3n) is 4.73. The Morgan fingerprint density at radius 2 is 1.64 bits per heavy atom. The molecule has 2 aliphatic rings. The van der Waals surface area contributed by atoms with E-state index in [1.54, 1.807) is 24.3 Å². The zero-order valence-corrected chi connectivity index (χ0v) is 12.3. The highest BCUT2D eigenvalue weighted by atomic mass is 16.4. The molecule has 1 N–H and O–H groups in total. The van der Waals surface area contributed by atoms with Crippen molar-refractivity contribution in [3.05, 3.63) is 35.4 Å². The number of rotatable bonds is 4. The second kappa shape index (κ2) is 5.91. The van der Waals surface area contributed by atoms with Crippen LogP contribution >= 0.6 is 0 Å². The summed E-state index contributed by atoms with van der Waals surface area (Å²) in [7, 11) is 0. The van der Waals surface area contributed by atoms with Crippen LogP contribution in [0.2, 0.25) is 0 Å². The molecule has 0 aromatic heterocycles. The fraction of sp³-hybridized carbons (Fsp3) is 0.471. The maximum absolute atomic E-state index is 12.6.